The van der Waals surface area contributed by atoms with Gasteiger partial charge in [0.2, 0.25) is 0 Å². The zero-order chi connectivity index (χ0) is 14.9. The zero-order valence-corrected chi connectivity index (χ0v) is 13.8. The number of hydrogen-bond donors (Lipinski definition) is 0. The van der Waals surface area contributed by atoms with E-state index in [9.17, 15) is 9.18 Å². The van der Waals surface area contributed by atoms with E-state index in [1.807, 2.05) is 0 Å². The first-order valence-corrected chi connectivity index (χ1v) is 7.75. The van der Waals surface area contributed by atoms with E-state index >= 15 is 0 Å². The number of halogens is 3. The fourth-order valence-electron chi connectivity index (χ4n) is 2.30. The summed E-state index contributed by atoms with van der Waals surface area (Å²) in [4.78, 5) is 16.4. The highest BCUT2D eigenvalue weighted by atomic mass is 79.9. The van der Waals surface area contributed by atoms with Gasteiger partial charge in [-0.15, -0.1) is 0 Å². The maximum absolute atomic E-state index is 13.6. The molecule has 110 valence electrons. The monoisotopic (exact) mass is 362 g/mol. The van der Waals surface area contributed by atoms with Gasteiger partial charge in [0.25, 0.3) is 5.91 Å². The van der Waals surface area contributed by atoms with Crippen LogP contribution in [0.2, 0.25) is 5.02 Å². The van der Waals surface area contributed by atoms with Crippen LogP contribution in [0.25, 0.3) is 0 Å². The average Bonchev–Trinajstić information content (AvgIpc) is 2.42. The first kappa shape index (κ1) is 15.7. The van der Waals surface area contributed by atoms with E-state index in [0.29, 0.717) is 19.1 Å². The predicted octanol–water partition coefficient (Wildman–Crippen LogP) is 3.41. The van der Waals surface area contributed by atoms with Gasteiger partial charge in [0.1, 0.15) is 5.82 Å². The highest BCUT2D eigenvalue weighted by Gasteiger charge is 2.25. The minimum Gasteiger partial charge on any atom is -0.336 e. The molecule has 1 fully saturated rings. The predicted molar refractivity (Wildman–Crippen MR) is 81.7 cm³/mol. The van der Waals surface area contributed by atoms with Crippen LogP contribution in [-0.4, -0.2) is 47.9 Å². The van der Waals surface area contributed by atoms with E-state index in [4.69, 9.17) is 11.6 Å². The maximum Gasteiger partial charge on any atom is 0.255 e. The summed E-state index contributed by atoms with van der Waals surface area (Å²) in [5.41, 5.74) is 0.227. The molecule has 3 nitrogen and oxygen atoms in total. The summed E-state index contributed by atoms with van der Waals surface area (Å²) in [6.45, 7) is 7.23. The van der Waals surface area contributed by atoms with E-state index in [-0.39, 0.29) is 21.0 Å². The lowest BCUT2D eigenvalue weighted by Crippen LogP contribution is -2.50. The van der Waals surface area contributed by atoms with Crippen LogP contribution in [0.3, 0.4) is 0 Å². The third-order valence-corrected chi connectivity index (χ3v) is 4.49. The van der Waals surface area contributed by atoms with Gasteiger partial charge < -0.3 is 4.90 Å². The van der Waals surface area contributed by atoms with E-state index < -0.39 is 5.82 Å². The number of hydrogen-bond acceptors (Lipinski definition) is 2. The molecule has 0 radical (unpaired) electrons. The zero-order valence-electron chi connectivity index (χ0n) is 11.5. The van der Waals surface area contributed by atoms with Crippen molar-refractivity contribution in [1.82, 2.24) is 9.80 Å². The second kappa shape index (κ2) is 6.41. The first-order valence-electron chi connectivity index (χ1n) is 6.58. The van der Waals surface area contributed by atoms with Crippen LogP contribution < -0.4 is 0 Å². The van der Waals surface area contributed by atoms with Crippen LogP contribution in [-0.2, 0) is 0 Å². The van der Waals surface area contributed by atoms with Gasteiger partial charge in [-0.25, -0.2) is 4.39 Å². The molecule has 1 aliphatic rings. The molecule has 0 bridgehead atoms. The van der Waals surface area contributed by atoms with Crippen molar-refractivity contribution in [2.75, 3.05) is 26.2 Å². The quantitative estimate of drug-likeness (QED) is 0.752. The van der Waals surface area contributed by atoms with Crippen LogP contribution in [0, 0.1) is 5.82 Å². The number of carbonyl (C=O) groups excluding carboxylic acids is 1. The summed E-state index contributed by atoms with van der Waals surface area (Å²) in [6, 6.07) is 3.10. The molecule has 2 rings (SSSR count). The summed E-state index contributed by atoms with van der Waals surface area (Å²) in [6.07, 6.45) is 0. The van der Waals surface area contributed by atoms with Crippen LogP contribution >= 0.6 is 27.5 Å². The van der Waals surface area contributed by atoms with Crippen LogP contribution in [0.1, 0.15) is 24.2 Å². The molecule has 1 saturated heterocycles. The SMILES string of the molecule is CC(C)N1CCN(C(=O)c2cc(F)c(Br)cc2Cl)CC1. The normalized spacial score (nSPS) is 16.8. The Kier molecular flexibility index (Phi) is 5.04. The highest BCUT2D eigenvalue weighted by molar-refractivity contribution is 9.10. The molecule has 0 spiro atoms. The minimum atomic E-state index is -0.474. The maximum atomic E-state index is 13.6. The molecule has 20 heavy (non-hydrogen) atoms. The molecule has 0 aliphatic carbocycles. The summed E-state index contributed by atoms with van der Waals surface area (Å²) in [5, 5.41) is 0.273. The standard InChI is InChI=1S/C14H17BrClFN2O/c1-9(2)18-3-5-19(6-4-18)14(20)10-7-13(17)11(15)8-12(10)16/h7-9H,3-6H2,1-2H3. The van der Waals surface area contributed by atoms with Crippen LogP contribution in [0.5, 0.6) is 0 Å². The molecular formula is C14H17BrClFN2O. The molecule has 6 heteroatoms. The van der Waals surface area contributed by atoms with Crippen LogP contribution in [0.15, 0.2) is 16.6 Å². The Morgan fingerprint density at radius 1 is 1.30 bits per heavy atom. The fraction of sp³-hybridized carbons (Fsp3) is 0.500. The number of rotatable bonds is 2. The molecule has 0 unspecified atom stereocenters. The molecule has 1 aromatic rings. The number of carbonyl (C=O) groups is 1. The van der Waals surface area contributed by atoms with Crippen LogP contribution in [0.4, 0.5) is 4.39 Å². The van der Waals surface area contributed by atoms with Crippen molar-refractivity contribution in [2.45, 2.75) is 19.9 Å². The number of benzene rings is 1. The van der Waals surface area contributed by atoms with Crippen molar-refractivity contribution in [1.29, 1.82) is 0 Å². The van der Waals surface area contributed by atoms with Crippen molar-refractivity contribution >= 4 is 33.4 Å². The molecule has 1 heterocycles. The third kappa shape index (κ3) is 3.32. The Hall–Kier alpha value is -0.650. The molecule has 0 aromatic heterocycles. The Labute approximate surface area is 131 Å². The fourth-order valence-corrected chi connectivity index (χ4v) is 3.02. The molecule has 1 aromatic carbocycles. The Morgan fingerprint density at radius 2 is 1.90 bits per heavy atom. The summed E-state index contributed by atoms with van der Waals surface area (Å²) < 4.78 is 13.8. The van der Waals surface area contributed by atoms with Crippen molar-refractivity contribution in [2.24, 2.45) is 0 Å². The Morgan fingerprint density at radius 3 is 2.45 bits per heavy atom. The number of piperazine rings is 1. The molecule has 0 N–H and O–H groups in total. The third-order valence-electron chi connectivity index (χ3n) is 3.57. The Balaban J connectivity index is 2.11. The van der Waals surface area contributed by atoms with Gasteiger partial charge in [-0.1, -0.05) is 11.6 Å². The lowest BCUT2D eigenvalue weighted by Gasteiger charge is -2.37. The van der Waals surface area contributed by atoms with Crippen molar-refractivity contribution in [3.63, 3.8) is 0 Å². The summed E-state index contributed by atoms with van der Waals surface area (Å²) in [5.74, 6) is -0.677. The Bertz CT molecular complexity index is 516. The second-order valence-corrected chi connectivity index (χ2v) is 6.43. The highest BCUT2D eigenvalue weighted by Crippen LogP contribution is 2.26. The minimum absolute atomic E-state index is 0.204. The molecule has 0 atom stereocenters. The van der Waals surface area contributed by atoms with Gasteiger partial charge in [-0.3, -0.25) is 9.69 Å². The first-order chi connectivity index (χ1) is 9.40. The number of amides is 1. The topological polar surface area (TPSA) is 23.6 Å². The second-order valence-electron chi connectivity index (χ2n) is 5.17. The summed E-state index contributed by atoms with van der Waals surface area (Å²) in [7, 11) is 0. The summed E-state index contributed by atoms with van der Waals surface area (Å²) >= 11 is 9.10. The smallest absolute Gasteiger partial charge is 0.255 e. The molecule has 1 amide bonds. The van der Waals surface area contributed by atoms with Gasteiger partial charge >= 0.3 is 0 Å². The molecule has 1 aliphatic heterocycles. The van der Waals surface area contributed by atoms with Gasteiger partial charge in [0.15, 0.2) is 0 Å². The molecule has 0 saturated carbocycles. The van der Waals surface area contributed by atoms with Gasteiger partial charge in [0, 0.05) is 32.2 Å². The lowest BCUT2D eigenvalue weighted by molar-refractivity contribution is 0.0595. The van der Waals surface area contributed by atoms with Gasteiger partial charge in [-0.2, -0.15) is 0 Å². The molecular weight excluding hydrogens is 347 g/mol. The number of nitrogens with zero attached hydrogens (tertiary/aromatic N) is 2. The van der Waals surface area contributed by atoms with Gasteiger partial charge in [-0.05, 0) is 41.9 Å². The van der Waals surface area contributed by atoms with E-state index in [2.05, 4.69) is 34.7 Å². The average molecular weight is 364 g/mol. The van der Waals surface area contributed by atoms with E-state index in [1.165, 1.54) is 12.1 Å². The van der Waals surface area contributed by atoms with Gasteiger partial charge in [0.05, 0.1) is 15.1 Å². The lowest BCUT2D eigenvalue weighted by atomic mass is 10.1. The van der Waals surface area contributed by atoms with Crippen molar-refractivity contribution in [3.05, 3.63) is 33.0 Å². The largest absolute Gasteiger partial charge is 0.336 e. The van der Waals surface area contributed by atoms with E-state index in [1.54, 1.807) is 4.90 Å². The van der Waals surface area contributed by atoms with Crippen molar-refractivity contribution in [3.8, 4) is 0 Å². The van der Waals surface area contributed by atoms with E-state index in [0.717, 1.165) is 13.1 Å². The van der Waals surface area contributed by atoms with Crippen molar-refractivity contribution < 1.29 is 9.18 Å².